The summed E-state index contributed by atoms with van der Waals surface area (Å²) in [6.45, 7) is 11.1. The van der Waals surface area contributed by atoms with Crippen molar-refractivity contribution in [2.75, 3.05) is 19.6 Å². The number of hydrogen-bond donors (Lipinski definition) is 1. The average molecular weight is 312 g/mol. The molecule has 2 aromatic rings. The number of nitrogens with zero attached hydrogens (tertiary/aromatic N) is 1. The standard InChI is InChI=1S/C20H28N2O/c1-5-22(6-2)19(14-21)17-10-12-18(13-11-17)23-20-9-7-8-15(3)16(20)4/h7-13,19H,5-6,14,21H2,1-4H3. The molecule has 0 bridgehead atoms. The molecule has 124 valence electrons. The summed E-state index contributed by atoms with van der Waals surface area (Å²) in [4.78, 5) is 2.38. The summed E-state index contributed by atoms with van der Waals surface area (Å²) in [5, 5.41) is 0. The topological polar surface area (TPSA) is 38.5 Å². The summed E-state index contributed by atoms with van der Waals surface area (Å²) in [5.41, 5.74) is 9.64. The largest absolute Gasteiger partial charge is 0.457 e. The van der Waals surface area contributed by atoms with Crippen LogP contribution in [0, 0.1) is 13.8 Å². The van der Waals surface area contributed by atoms with Crippen molar-refractivity contribution in [2.24, 2.45) is 5.73 Å². The van der Waals surface area contributed by atoms with E-state index in [0.717, 1.165) is 24.6 Å². The number of aryl methyl sites for hydroxylation is 1. The third-order valence-corrected chi connectivity index (χ3v) is 4.52. The van der Waals surface area contributed by atoms with Crippen molar-refractivity contribution in [3.63, 3.8) is 0 Å². The minimum absolute atomic E-state index is 0.264. The van der Waals surface area contributed by atoms with Crippen LogP contribution in [-0.4, -0.2) is 24.5 Å². The van der Waals surface area contributed by atoms with Gasteiger partial charge < -0.3 is 10.5 Å². The van der Waals surface area contributed by atoms with E-state index in [0.29, 0.717) is 6.54 Å². The smallest absolute Gasteiger partial charge is 0.130 e. The van der Waals surface area contributed by atoms with E-state index in [1.165, 1.54) is 16.7 Å². The van der Waals surface area contributed by atoms with Crippen LogP contribution in [0.4, 0.5) is 0 Å². The van der Waals surface area contributed by atoms with Gasteiger partial charge >= 0.3 is 0 Å². The molecular weight excluding hydrogens is 284 g/mol. The first-order chi connectivity index (χ1) is 11.1. The molecule has 23 heavy (non-hydrogen) atoms. The van der Waals surface area contributed by atoms with Crippen LogP contribution in [0.5, 0.6) is 11.5 Å². The molecule has 0 fully saturated rings. The van der Waals surface area contributed by atoms with Gasteiger partial charge in [-0.05, 0) is 61.8 Å². The molecule has 0 amide bonds. The molecule has 0 saturated heterocycles. The van der Waals surface area contributed by atoms with Crippen LogP contribution in [0.25, 0.3) is 0 Å². The molecule has 0 heterocycles. The van der Waals surface area contributed by atoms with Crippen molar-refractivity contribution in [3.05, 3.63) is 59.2 Å². The van der Waals surface area contributed by atoms with Crippen molar-refractivity contribution >= 4 is 0 Å². The lowest BCUT2D eigenvalue weighted by Crippen LogP contribution is -2.33. The van der Waals surface area contributed by atoms with Crippen molar-refractivity contribution < 1.29 is 4.74 Å². The number of likely N-dealkylation sites (N-methyl/N-ethyl adjacent to an activating group) is 1. The molecule has 0 radical (unpaired) electrons. The van der Waals surface area contributed by atoms with Crippen molar-refractivity contribution in [2.45, 2.75) is 33.7 Å². The van der Waals surface area contributed by atoms with Gasteiger partial charge in [0.2, 0.25) is 0 Å². The highest BCUT2D eigenvalue weighted by Gasteiger charge is 2.16. The first-order valence-electron chi connectivity index (χ1n) is 8.38. The Balaban J connectivity index is 2.17. The molecule has 2 N–H and O–H groups in total. The molecule has 1 unspecified atom stereocenters. The van der Waals surface area contributed by atoms with Gasteiger partial charge in [-0.15, -0.1) is 0 Å². The maximum atomic E-state index is 6.03. The molecule has 0 saturated carbocycles. The maximum Gasteiger partial charge on any atom is 0.130 e. The number of nitrogens with two attached hydrogens (primary N) is 1. The lowest BCUT2D eigenvalue weighted by molar-refractivity contribution is 0.224. The summed E-state index contributed by atoms with van der Waals surface area (Å²) in [5.74, 6) is 1.77. The molecule has 1 atom stereocenters. The molecule has 0 aliphatic heterocycles. The Kier molecular flexibility index (Phi) is 6.20. The summed E-state index contributed by atoms with van der Waals surface area (Å²) < 4.78 is 6.03. The van der Waals surface area contributed by atoms with Crippen LogP contribution in [0.1, 0.15) is 36.6 Å². The average Bonchev–Trinajstić information content (AvgIpc) is 2.57. The minimum atomic E-state index is 0.264. The quantitative estimate of drug-likeness (QED) is 0.821. The molecule has 3 nitrogen and oxygen atoms in total. The van der Waals surface area contributed by atoms with E-state index in [9.17, 15) is 0 Å². The van der Waals surface area contributed by atoms with Gasteiger partial charge in [0, 0.05) is 12.6 Å². The Hall–Kier alpha value is -1.84. The second-order valence-corrected chi connectivity index (χ2v) is 5.84. The van der Waals surface area contributed by atoms with Crippen molar-refractivity contribution in [3.8, 4) is 11.5 Å². The Morgan fingerprint density at radius 1 is 1.00 bits per heavy atom. The molecule has 2 aromatic carbocycles. The number of benzene rings is 2. The third kappa shape index (κ3) is 4.12. The highest BCUT2D eigenvalue weighted by Crippen LogP contribution is 2.28. The van der Waals surface area contributed by atoms with Gasteiger partial charge in [0.05, 0.1) is 0 Å². The normalized spacial score (nSPS) is 12.4. The van der Waals surface area contributed by atoms with E-state index >= 15 is 0 Å². The predicted octanol–water partition coefficient (Wildman–Crippen LogP) is 4.44. The molecule has 0 aliphatic rings. The van der Waals surface area contributed by atoms with Gasteiger partial charge in [0.25, 0.3) is 0 Å². The summed E-state index contributed by atoms with van der Waals surface area (Å²) >= 11 is 0. The second-order valence-electron chi connectivity index (χ2n) is 5.84. The molecule has 3 heteroatoms. The predicted molar refractivity (Wildman–Crippen MR) is 97.1 cm³/mol. The zero-order chi connectivity index (χ0) is 16.8. The second kappa shape index (κ2) is 8.14. The Morgan fingerprint density at radius 2 is 1.65 bits per heavy atom. The zero-order valence-corrected chi connectivity index (χ0v) is 14.7. The van der Waals surface area contributed by atoms with E-state index in [4.69, 9.17) is 10.5 Å². The van der Waals surface area contributed by atoms with E-state index in [-0.39, 0.29) is 6.04 Å². The van der Waals surface area contributed by atoms with Gasteiger partial charge in [-0.2, -0.15) is 0 Å². The highest BCUT2D eigenvalue weighted by molar-refractivity contribution is 5.42. The molecule has 2 rings (SSSR count). The van der Waals surface area contributed by atoms with Crippen LogP contribution in [-0.2, 0) is 0 Å². The number of rotatable bonds is 7. The van der Waals surface area contributed by atoms with Crippen LogP contribution in [0.2, 0.25) is 0 Å². The van der Waals surface area contributed by atoms with E-state index < -0.39 is 0 Å². The minimum Gasteiger partial charge on any atom is -0.457 e. The van der Waals surface area contributed by atoms with Gasteiger partial charge in [0.1, 0.15) is 11.5 Å². The zero-order valence-electron chi connectivity index (χ0n) is 14.7. The molecule has 0 aromatic heterocycles. The Morgan fingerprint density at radius 3 is 2.22 bits per heavy atom. The van der Waals surface area contributed by atoms with Gasteiger partial charge in [0.15, 0.2) is 0 Å². The Labute approximate surface area is 140 Å². The lowest BCUT2D eigenvalue weighted by atomic mass is 10.0. The van der Waals surface area contributed by atoms with Crippen LogP contribution in [0.3, 0.4) is 0 Å². The first kappa shape index (κ1) is 17.5. The fourth-order valence-electron chi connectivity index (χ4n) is 2.88. The summed E-state index contributed by atoms with van der Waals surface area (Å²) in [7, 11) is 0. The molecule has 0 aliphatic carbocycles. The monoisotopic (exact) mass is 312 g/mol. The van der Waals surface area contributed by atoms with E-state index in [1.54, 1.807) is 0 Å². The van der Waals surface area contributed by atoms with Gasteiger partial charge in [-0.1, -0.05) is 38.1 Å². The van der Waals surface area contributed by atoms with Crippen LogP contribution in [0.15, 0.2) is 42.5 Å². The third-order valence-electron chi connectivity index (χ3n) is 4.52. The van der Waals surface area contributed by atoms with E-state index in [1.807, 2.05) is 24.3 Å². The summed E-state index contributed by atoms with van der Waals surface area (Å²) in [6.07, 6.45) is 0. The van der Waals surface area contributed by atoms with E-state index in [2.05, 4.69) is 50.8 Å². The highest BCUT2D eigenvalue weighted by atomic mass is 16.5. The van der Waals surface area contributed by atoms with Crippen molar-refractivity contribution in [1.82, 2.24) is 4.90 Å². The first-order valence-corrected chi connectivity index (χ1v) is 8.38. The molecular formula is C20H28N2O. The van der Waals surface area contributed by atoms with Gasteiger partial charge in [-0.25, -0.2) is 0 Å². The SMILES string of the molecule is CCN(CC)C(CN)c1ccc(Oc2cccc(C)c2C)cc1. The van der Waals surface area contributed by atoms with Gasteiger partial charge in [-0.3, -0.25) is 4.90 Å². The number of ether oxygens (including phenoxy) is 1. The fraction of sp³-hybridized carbons (Fsp3) is 0.400. The van der Waals surface area contributed by atoms with Crippen LogP contribution < -0.4 is 10.5 Å². The lowest BCUT2D eigenvalue weighted by Gasteiger charge is -2.29. The summed E-state index contributed by atoms with van der Waals surface area (Å²) in [6, 6.07) is 14.7. The maximum absolute atomic E-state index is 6.03. The van der Waals surface area contributed by atoms with Crippen molar-refractivity contribution in [1.29, 1.82) is 0 Å². The van der Waals surface area contributed by atoms with Crippen LogP contribution >= 0.6 is 0 Å². The number of hydrogen-bond acceptors (Lipinski definition) is 3. The Bertz CT molecular complexity index is 618. The fourth-order valence-corrected chi connectivity index (χ4v) is 2.88. The molecule has 0 spiro atoms.